The molecule has 2 aromatic rings. The fourth-order valence-corrected chi connectivity index (χ4v) is 6.01. The quantitative estimate of drug-likeness (QED) is 0.186. The summed E-state index contributed by atoms with van der Waals surface area (Å²) < 4.78 is 27.6. The van der Waals surface area contributed by atoms with Crippen LogP contribution in [0.3, 0.4) is 0 Å². The molecule has 0 aromatic heterocycles. The third-order valence-electron chi connectivity index (χ3n) is 6.02. The molecule has 1 fully saturated rings. The van der Waals surface area contributed by atoms with E-state index >= 15 is 0 Å². The van der Waals surface area contributed by atoms with Gasteiger partial charge in [-0.3, -0.25) is 19.1 Å². The molecule has 0 bridgehead atoms. The summed E-state index contributed by atoms with van der Waals surface area (Å²) in [6.07, 6.45) is 3.50. The van der Waals surface area contributed by atoms with Crippen LogP contribution in [0, 0.1) is 19.8 Å². The monoisotopic (exact) mass is 459 g/mol. The van der Waals surface area contributed by atoms with E-state index < -0.39 is 16.6 Å². The molecule has 1 unspecified atom stereocenters. The number of carbonyl (C=O) groups excluding carboxylic acids is 1. The third-order valence-corrected chi connectivity index (χ3v) is 7.85. The molecule has 6 nitrogen and oxygen atoms in total. The van der Waals surface area contributed by atoms with Gasteiger partial charge in [-0.25, -0.2) is 5.06 Å². The van der Waals surface area contributed by atoms with Crippen molar-refractivity contribution in [2.75, 3.05) is 5.75 Å². The molecule has 1 amide bonds. The van der Waals surface area contributed by atoms with E-state index in [9.17, 15) is 19.1 Å². The highest BCUT2D eigenvalue weighted by molar-refractivity contribution is 8.24. The van der Waals surface area contributed by atoms with Gasteiger partial charge in [-0.15, -0.1) is 0 Å². The zero-order valence-corrected chi connectivity index (χ0v) is 19.6. The molecule has 3 N–H and O–H groups in total. The molecule has 0 radical (unpaired) electrons. The fraction of sp³-hybridized carbons (Fsp3) is 0.400. The Morgan fingerprint density at radius 3 is 2.28 bits per heavy atom. The zero-order chi connectivity index (χ0) is 23.3. The van der Waals surface area contributed by atoms with Gasteiger partial charge in [-0.1, -0.05) is 41.5 Å². The molecule has 32 heavy (non-hydrogen) atoms. The number of nitrogens with zero attached hydrogens (tertiary/aromatic N) is 1. The summed E-state index contributed by atoms with van der Waals surface area (Å²) in [4.78, 5) is 11.6. The lowest BCUT2D eigenvalue weighted by molar-refractivity contribution is -0.163. The van der Waals surface area contributed by atoms with Gasteiger partial charge in [0.15, 0.2) is 0 Å². The summed E-state index contributed by atoms with van der Waals surface area (Å²) in [5, 5.41) is 10.7. The summed E-state index contributed by atoms with van der Waals surface area (Å²) in [6, 6.07) is 12.3. The van der Waals surface area contributed by atoms with Crippen molar-refractivity contribution in [2.24, 2.45) is 5.92 Å². The molecule has 3 rings (SSSR count). The van der Waals surface area contributed by atoms with Gasteiger partial charge < -0.3 is 4.74 Å². The van der Waals surface area contributed by atoms with Gasteiger partial charge in [-0.2, -0.15) is 10.6 Å². The van der Waals surface area contributed by atoms with Crippen LogP contribution in [0.1, 0.15) is 42.4 Å². The molecule has 1 aliphatic rings. The second-order valence-corrected chi connectivity index (χ2v) is 10.9. The van der Waals surface area contributed by atoms with Gasteiger partial charge in [-0.05, 0) is 75.3 Å². The van der Waals surface area contributed by atoms with Crippen molar-refractivity contribution in [3.05, 3.63) is 71.3 Å². The molecule has 0 saturated heterocycles. The predicted octanol–water partition coefficient (Wildman–Crippen LogP) is 5.95. The van der Waals surface area contributed by atoms with Gasteiger partial charge in [0.2, 0.25) is 6.41 Å². The zero-order valence-electron chi connectivity index (χ0n) is 18.7. The summed E-state index contributed by atoms with van der Waals surface area (Å²) in [5.74, 6) is 0.506. The van der Waals surface area contributed by atoms with Crippen LogP contribution in [0.15, 0.2) is 59.5 Å². The van der Waals surface area contributed by atoms with Crippen molar-refractivity contribution in [1.29, 1.82) is 0 Å². The first-order chi connectivity index (χ1) is 15.2. The second-order valence-electron chi connectivity index (χ2n) is 8.73. The Labute approximate surface area is 191 Å². The number of ether oxygens (including phenoxy) is 1. The van der Waals surface area contributed by atoms with Crippen LogP contribution in [-0.2, 0) is 11.4 Å². The van der Waals surface area contributed by atoms with Crippen LogP contribution in [0.4, 0.5) is 0 Å². The van der Waals surface area contributed by atoms with Crippen molar-refractivity contribution in [1.82, 2.24) is 5.06 Å². The summed E-state index contributed by atoms with van der Waals surface area (Å²) in [5.41, 5.74) is 4.58. The van der Waals surface area contributed by atoms with E-state index in [0.717, 1.165) is 36.8 Å². The van der Waals surface area contributed by atoms with Crippen molar-refractivity contribution in [2.45, 2.75) is 57.1 Å². The maximum Gasteiger partial charge on any atom is 0.233 e. The van der Waals surface area contributed by atoms with Crippen molar-refractivity contribution < 1.29 is 23.8 Å². The van der Waals surface area contributed by atoms with Crippen molar-refractivity contribution in [3.63, 3.8) is 0 Å². The topological polar surface area (TPSA) is 90.2 Å². The number of allylic oxidation sites excluding steroid dienone is 1. The van der Waals surface area contributed by atoms with Crippen molar-refractivity contribution >= 4 is 17.0 Å². The summed E-state index contributed by atoms with van der Waals surface area (Å²) in [7, 11) is -3.21. The number of hydrogen-bond donors (Lipinski definition) is 3. The second kappa shape index (κ2) is 10.5. The van der Waals surface area contributed by atoms with Crippen LogP contribution >= 0.6 is 10.6 Å². The minimum atomic E-state index is -3.21. The lowest BCUT2D eigenvalue weighted by Crippen LogP contribution is -2.42. The Kier molecular flexibility index (Phi) is 8.00. The molecule has 1 atom stereocenters. The number of hydrogen-bond acceptors (Lipinski definition) is 5. The largest absolute Gasteiger partial charge is 0.489 e. The minimum absolute atomic E-state index is 0.0118. The van der Waals surface area contributed by atoms with Crippen LogP contribution in [-0.4, -0.2) is 37.6 Å². The van der Waals surface area contributed by atoms with Gasteiger partial charge in [0, 0.05) is 0 Å². The Hall–Kier alpha value is -2.32. The Balaban J connectivity index is 1.67. The molecule has 0 aliphatic heterocycles. The molecule has 0 heterocycles. The first kappa shape index (κ1) is 24.3. The number of hydroxylamine groups is 2. The maximum absolute atomic E-state index is 11.2. The average molecular weight is 460 g/mol. The third kappa shape index (κ3) is 6.36. The van der Waals surface area contributed by atoms with Gasteiger partial charge in [0.1, 0.15) is 12.4 Å². The molecule has 2 aromatic carbocycles. The van der Waals surface area contributed by atoms with E-state index in [0.29, 0.717) is 28.7 Å². The average Bonchev–Trinajstić information content (AvgIpc) is 2.76. The smallest absolute Gasteiger partial charge is 0.233 e. The Morgan fingerprint density at radius 1 is 1.12 bits per heavy atom. The maximum atomic E-state index is 11.2. The highest BCUT2D eigenvalue weighted by Crippen LogP contribution is 2.50. The Morgan fingerprint density at radius 2 is 1.72 bits per heavy atom. The summed E-state index contributed by atoms with van der Waals surface area (Å²) in [6.45, 7) is 8.51. The number of benzene rings is 2. The first-order valence-corrected chi connectivity index (χ1v) is 12.5. The lowest BCUT2D eigenvalue weighted by Gasteiger charge is -2.41. The minimum Gasteiger partial charge on any atom is -0.489 e. The van der Waals surface area contributed by atoms with E-state index in [1.165, 1.54) is 11.1 Å². The first-order valence-electron chi connectivity index (χ1n) is 10.8. The van der Waals surface area contributed by atoms with E-state index in [4.69, 9.17) is 4.74 Å². The van der Waals surface area contributed by atoms with Crippen LogP contribution in [0.5, 0.6) is 5.75 Å². The molecular formula is C25H33NO5S. The predicted molar refractivity (Wildman–Crippen MR) is 127 cm³/mol. The van der Waals surface area contributed by atoms with E-state index in [1.54, 1.807) is 24.3 Å². The highest BCUT2D eigenvalue weighted by atomic mass is 32.3. The van der Waals surface area contributed by atoms with E-state index in [2.05, 4.69) is 24.8 Å². The highest BCUT2D eigenvalue weighted by Gasteiger charge is 2.33. The van der Waals surface area contributed by atoms with Crippen LogP contribution in [0.25, 0.3) is 0 Å². The number of carbonyl (C=O) groups is 1. The number of aryl methyl sites for hydroxylation is 2. The van der Waals surface area contributed by atoms with Gasteiger partial charge in [0.25, 0.3) is 0 Å². The van der Waals surface area contributed by atoms with E-state index in [-0.39, 0.29) is 11.7 Å². The van der Waals surface area contributed by atoms with Crippen molar-refractivity contribution in [3.8, 4) is 5.75 Å². The lowest BCUT2D eigenvalue weighted by atomic mass is 9.82. The number of amides is 1. The molecule has 7 heteroatoms. The van der Waals surface area contributed by atoms with Gasteiger partial charge >= 0.3 is 0 Å². The van der Waals surface area contributed by atoms with E-state index in [1.807, 2.05) is 13.8 Å². The van der Waals surface area contributed by atoms with Crippen LogP contribution < -0.4 is 4.74 Å². The molecule has 1 saturated carbocycles. The fourth-order valence-electron chi connectivity index (χ4n) is 4.35. The molecule has 0 spiro atoms. The van der Waals surface area contributed by atoms with Crippen LogP contribution in [0.2, 0.25) is 0 Å². The Bertz CT molecular complexity index is 914. The molecule has 1 aliphatic carbocycles. The van der Waals surface area contributed by atoms with Gasteiger partial charge in [0.05, 0.1) is 16.7 Å². The standard InChI is InChI=1S/C25H33NO5S/c1-18-4-6-22(7-5-18)25(26(28)17-27)16-32(29,30)24-10-8-23(9-11-24)31-15-21-13-19(2)12-20(3)14-21/h8-14,17,22,25,28-30H,1,4-7,15-16H2,2-3H3. The SMILES string of the molecule is C=C1CCC(C(CS(O)(O)c2ccc(OCc3cc(C)cc(C)c3)cc2)N(O)C=O)CC1. The normalized spacial score (nSPS) is 16.5. The molecular weight excluding hydrogens is 426 g/mol. The molecule has 174 valence electrons. The number of rotatable bonds is 9. The summed E-state index contributed by atoms with van der Waals surface area (Å²) >= 11 is 0.